The van der Waals surface area contributed by atoms with E-state index in [4.69, 9.17) is 4.74 Å². The number of piperidine rings is 1. The minimum atomic E-state index is -2.85. The van der Waals surface area contributed by atoms with Crippen molar-refractivity contribution >= 4 is 0 Å². The van der Waals surface area contributed by atoms with Crippen LogP contribution in [0.3, 0.4) is 0 Å². The molecule has 2 aliphatic carbocycles. The molecule has 4 atom stereocenters. The maximum Gasteiger partial charge on any atom is 0.285 e. The second-order valence-corrected chi connectivity index (χ2v) is 7.70. The summed E-state index contributed by atoms with van der Waals surface area (Å²) in [6.07, 6.45) is 2.64. The number of hydrogen-bond acceptors (Lipinski definition) is 3. The Labute approximate surface area is 139 Å². The number of phenolic OH excluding ortho intramolecular Hbond substituents is 1. The lowest BCUT2D eigenvalue weighted by Gasteiger charge is -2.59. The van der Waals surface area contributed by atoms with Gasteiger partial charge in [0.1, 0.15) is 0 Å². The predicted octanol–water partition coefficient (Wildman–Crippen LogP) is 3.25. The van der Waals surface area contributed by atoms with E-state index in [1.54, 1.807) is 6.07 Å². The van der Waals surface area contributed by atoms with Gasteiger partial charge < -0.3 is 9.84 Å². The Morgan fingerprint density at radius 3 is 3.00 bits per heavy atom. The molecule has 1 saturated carbocycles. The molecule has 1 spiro atoms. The third-order valence-electron chi connectivity index (χ3n) is 6.76. The number of phenols is 1. The van der Waals surface area contributed by atoms with Gasteiger partial charge in [-0.15, -0.1) is 6.58 Å². The van der Waals surface area contributed by atoms with Crippen LogP contribution in [0.2, 0.25) is 0 Å². The highest BCUT2D eigenvalue weighted by Gasteiger charge is 2.70. The zero-order chi connectivity index (χ0) is 16.7. The van der Waals surface area contributed by atoms with Gasteiger partial charge in [-0.25, -0.2) is 8.78 Å². The van der Waals surface area contributed by atoms with Crippen LogP contribution in [0.25, 0.3) is 0 Å². The van der Waals surface area contributed by atoms with Gasteiger partial charge in [-0.05, 0) is 43.4 Å². The summed E-state index contributed by atoms with van der Waals surface area (Å²) in [5.74, 6) is -2.37. The molecule has 2 bridgehead atoms. The normalized spacial score (nSPS) is 38.3. The minimum Gasteiger partial charge on any atom is -0.504 e. The van der Waals surface area contributed by atoms with Crippen molar-refractivity contribution < 1.29 is 18.6 Å². The molecular weight excluding hydrogens is 312 g/mol. The summed E-state index contributed by atoms with van der Waals surface area (Å²) in [6.45, 7) is 5.41. The number of likely N-dealkylation sites (tertiary alicyclic amines) is 1. The molecule has 24 heavy (non-hydrogen) atoms. The topological polar surface area (TPSA) is 32.7 Å². The number of aromatic hydroxyl groups is 1. The van der Waals surface area contributed by atoms with Gasteiger partial charge >= 0.3 is 0 Å². The lowest BCUT2D eigenvalue weighted by molar-refractivity contribution is -0.181. The number of alkyl halides is 2. The second kappa shape index (κ2) is 4.51. The highest BCUT2D eigenvalue weighted by molar-refractivity contribution is 5.61. The van der Waals surface area contributed by atoms with E-state index >= 15 is 0 Å². The number of nitrogens with zero attached hydrogens (tertiary/aromatic N) is 1. The van der Waals surface area contributed by atoms with E-state index in [9.17, 15) is 13.9 Å². The predicted molar refractivity (Wildman–Crippen MR) is 85.8 cm³/mol. The van der Waals surface area contributed by atoms with Gasteiger partial charge in [0.25, 0.3) is 5.92 Å². The Balaban J connectivity index is 1.74. The standard InChI is InChI=1S/C19H21F2NO2/c1-2-8-22-9-7-18-12-5-6-19(20,21)17(18)24-16-14(23)4-3-11(15(16)18)10-13(12)22/h2-4,12-13,17,23H,1,5-10H2/t12?,13-,17-,18+/m0/s1. The summed E-state index contributed by atoms with van der Waals surface area (Å²) >= 11 is 0. The molecule has 2 heterocycles. The van der Waals surface area contributed by atoms with Crippen LogP contribution in [0, 0.1) is 5.92 Å². The first-order valence-corrected chi connectivity index (χ1v) is 8.74. The van der Waals surface area contributed by atoms with Crippen molar-refractivity contribution in [2.24, 2.45) is 5.92 Å². The van der Waals surface area contributed by atoms with E-state index in [-0.39, 0.29) is 24.1 Å². The first-order valence-electron chi connectivity index (χ1n) is 8.74. The molecule has 0 aromatic heterocycles. The Morgan fingerprint density at radius 2 is 2.21 bits per heavy atom. The van der Waals surface area contributed by atoms with E-state index < -0.39 is 17.4 Å². The van der Waals surface area contributed by atoms with E-state index in [2.05, 4.69) is 11.5 Å². The Bertz CT molecular complexity index is 734. The van der Waals surface area contributed by atoms with Crippen molar-refractivity contribution in [3.8, 4) is 11.5 Å². The molecule has 1 N–H and O–H groups in total. The summed E-state index contributed by atoms with van der Waals surface area (Å²) in [5.41, 5.74) is 1.30. The molecule has 5 heteroatoms. The van der Waals surface area contributed by atoms with Crippen LogP contribution in [0.1, 0.15) is 30.4 Å². The number of rotatable bonds is 2. The summed E-state index contributed by atoms with van der Waals surface area (Å²) in [4.78, 5) is 2.39. The summed E-state index contributed by atoms with van der Waals surface area (Å²) in [6, 6.07) is 3.74. The highest BCUT2D eigenvalue weighted by Crippen LogP contribution is 2.66. The largest absolute Gasteiger partial charge is 0.504 e. The van der Waals surface area contributed by atoms with Crippen molar-refractivity contribution in [1.29, 1.82) is 0 Å². The van der Waals surface area contributed by atoms with Crippen LogP contribution in [-0.2, 0) is 11.8 Å². The van der Waals surface area contributed by atoms with Crippen molar-refractivity contribution in [3.63, 3.8) is 0 Å². The van der Waals surface area contributed by atoms with Crippen LogP contribution in [0.15, 0.2) is 24.8 Å². The number of halogens is 2. The molecule has 1 saturated heterocycles. The Kier molecular flexibility index (Phi) is 2.76. The molecule has 0 amide bonds. The maximum atomic E-state index is 14.8. The highest BCUT2D eigenvalue weighted by atomic mass is 19.3. The van der Waals surface area contributed by atoms with Crippen LogP contribution in [0.4, 0.5) is 8.78 Å². The van der Waals surface area contributed by atoms with Crippen molar-refractivity contribution in [2.45, 2.75) is 49.2 Å². The molecular formula is C19H21F2NO2. The van der Waals surface area contributed by atoms with Gasteiger partial charge in [0, 0.05) is 30.0 Å². The Hall–Kier alpha value is -1.62. The molecule has 1 unspecified atom stereocenters. The van der Waals surface area contributed by atoms with Gasteiger partial charge in [-0.2, -0.15) is 0 Å². The summed E-state index contributed by atoms with van der Waals surface area (Å²) in [7, 11) is 0. The maximum absolute atomic E-state index is 14.8. The van der Waals surface area contributed by atoms with Gasteiger partial charge in [-0.3, -0.25) is 4.90 Å². The molecule has 5 rings (SSSR count). The molecule has 0 radical (unpaired) electrons. The number of ether oxygens (including phenoxy) is 1. The third-order valence-corrected chi connectivity index (χ3v) is 6.76. The van der Waals surface area contributed by atoms with E-state index in [0.717, 1.165) is 30.6 Å². The molecule has 128 valence electrons. The van der Waals surface area contributed by atoms with Gasteiger partial charge in [0.05, 0.1) is 0 Å². The number of hydrogen-bond donors (Lipinski definition) is 1. The Morgan fingerprint density at radius 1 is 1.38 bits per heavy atom. The van der Waals surface area contributed by atoms with Crippen LogP contribution < -0.4 is 4.74 Å². The first-order chi connectivity index (χ1) is 11.5. The van der Waals surface area contributed by atoms with E-state index in [1.165, 1.54) is 0 Å². The first kappa shape index (κ1) is 14.7. The molecule has 2 aliphatic heterocycles. The molecule has 2 fully saturated rings. The average molecular weight is 333 g/mol. The lowest BCUT2D eigenvalue weighted by atomic mass is 9.51. The van der Waals surface area contributed by atoms with Gasteiger partial charge in [0.2, 0.25) is 0 Å². The van der Waals surface area contributed by atoms with E-state index in [1.807, 2.05) is 12.1 Å². The van der Waals surface area contributed by atoms with Crippen LogP contribution in [0.5, 0.6) is 11.5 Å². The lowest BCUT2D eigenvalue weighted by Crippen LogP contribution is -2.68. The van der Waals surface area contributed by atoms with Gasteiger partial charge in [0.15, 0.2) is 17.6 Å². The minimum absolute atomic E-state index is 0.000883. The fourth-order valence-electron chi connectivity index (χ4n) is 5.96. The fraction of sp³-hybridized carbons (Fsp3) is 0.579. The van der Waals surface area contributed by atoms with Crippen molar-refractivity contribution in [3.05, 3.63) is 35.9 Å². The SMILES string of the molecule is C=CCN1CC[C@@]23c4c5ccc(O)c4O[C@@H]2C(F)(F)CCC3[C@@H]1C5. The van der Waals surface area contributed by atoms with Gasteiger partial charge in [-0.1, -0.05) is 12.1 Å². The average Bonchev–Trinajstić information content (AvgIpc) is 2.90. The van der Waals surface area contributed by atoms with Crippen LogP contribution in [-0.4, -0.2) is 41.2 Å². The number of benzene rings is 1. The zero-order valence-electron chi connectivity index (χ0n) is 13.5. The summed E-state index contributed by atoms with van der Waals surface area (Å²) in [5, 5.41) is 10.2. The molecule has 1 aromatic rings. The third kappa shape index (κ3) is 1.55. The molecule has 4 aliphatic rings. The summed E-state index contributed by atoms with van der Waals surface area (Å²) < 4.78 is 35.3. The zero-order valence-corrected chi connectivity index (χ0v) is 13.5. The molecule has 1 aromatic carbocycles. The smallest absolute Gasteiger partial charge is 0.285 e. The fourth-order valence-corrected chi connectivity index (χ4v) is 5.96. The monoisotopic (exact) mass is 333 g/mol. The van der Waals surface area contributed by atoms with Crippen molar-refractivity contribution in [2.75, 3.05) is 13.1 Å². The second-order valence-electron chi connectivity index (χ2n) is 7.70. The van der Waals surface area contributed by atoms with Crippen molar-refractivity contribution in [1.82, 2.24) is 4.90 Å². The quantitative estimate of drug-likeness (QED) is 0.844. The molecule has 3 nitrogen and oxygen atoms in total. The van der Waals surface area contributed by atoms with E-state index in [0.29, 0.717) is 18.6 Å². The van der Waals surface area contributed by atoms with Crippen LogP contribution >= 0.6 is 0 Å².